The number of rotatable bonds is 7. The van der Waals surface area contributed by atoms with Crippen LogP contribution < -0.4 is 11.5 Å². The van der Waals surface area contributed by atoms with Crippen LogP contribution in [-0.4, -0.2) is 59.3 Å². The normalized spacial score (nSPS) is 19.3. The van der Waals surface area contributed by atoms with E-state index in [1.807, 2.05) is 4.90 Å². The molecule has 0 aliphatic carbocycles. The summed E-state index contributed by atoms with van der Waals surface area (Å²) in [4.78, 5) is 27.1. The SMILES string of the molecule is CN(CCC(N)=S)C(=O)CCN1CCCC1C(N)=O. The average molecular weight is 286 g/mol. The van der Waals surface area contributed by atoms with Gasteiger partial charge in [0, 0.05) is 33.0 Å². The van der Waals surface area contributed by atoms with Crippen LogP contribution in [0.5, 0.6) is 0 Å². The minimum Gasteiger partial charge on any atom is -0.393 e. The summed E-state index contributed by atoms with van der Waals surface area (Å²) < 4.78 is 0. The number of amides is 2. The quantitative estimate of drug-likeness (QED) is 0.613. The fourth-order valence-electron chi connectivity index (χ4n) is 2.25. The van der Waals surface area contributed by atoms with Gasteiger partial charge in [-0.1, -0.05) is 12.2 Å². The summed E-state index contributed by atoms with van der Waals surface area (Å²) in [7, 11) is 1.73. The van der Waals surface area contributed by atoms with Crippen LogP contribution in [0.3, 0.4) is 0 Å². The number of hydrogen-bond donors (Lipinski definition) is 2. The molecule has 7 heteroatoms. The Balaban J connectivity index is 2.33. The highest BCUT2D eigenvalue weighted by molar-refractivity contribution is 7.80. The molecule has 1 aliphatic heterocycles. The summed E-state index contributed by atoms with van der Waals surface area (Å²) in [5.74, 6) is -0.266. The molecule has 0 bridgehead atoms. The third-order valence-corrected chi connectivity index (χ3v) is 3.63. The van der Waals surface area contributed by atoms with Crippen LogP contribution in [0.25, 0.3) is 0 Å². The van der Waals surface area contributed by atoms with Crippen LogP contribution in [0.2, 0.25) is 0 Å². The maximum absolute atomic E-state index is 11.9. The molecule has 4 N–H and O–H groups in total. The lowest BCUT2D eigenvalue weighted by Crippen LogP contribution is -2.42. The van der Waals surface area contributed by atoms with Gasteiger partial charge < -0.3 is 16.4 Å². The van der Waals surface area contributed by atoms with Gasteiger partial charge in [0.05, 0.1) is 11.0 Å². The number of nitrogens with two attached hydrogens (primary N) is 2. The highest BCUT2D eigenvalue weighted by Crippen LogP contribution is 2.17. The molecule has 1 aliphatic rings. The molecule has 0 aromatic rings. The Morgan fingerprint density at radius 1 is 1.37 bits per heavy atom. The molecular weight excluding hydrogens is 264 g/mol. The van der Waals surface area contributed by atoms with Crippen molar-refractivity contribution in [3.8, 4) is 0 Å². The van der Waals surface area contributed by atoms with Crippen molar-refractivity contribution in [1.82, 2.24) is 9.80 Å². The zero-order valence-electron chi connectivity index (χ0n) is 11.3. The topological polar surface area (TPSA) is 92.7 Å². The van der Waals surface area contributed by atoms with E-state index in [4.69, 9.17) is 23.7 Å². The first-order valence-corrected chi connectivity index (χ1v) is 6.88. The summed E-state index contributed by atoms with van der Waals surface area (Å²) in [5, 5.41) is 0. The number of carbonyl (C=O) groups excluding carboxylic acids is 2. The largest absolute Gasteiger partial charge is 0.393 e. The third kappa shape index (κ3) is 5.12. The number of carbonyl (C=O) groups is 2. The highest BCUT2D eigenvalue weighted by Gasteiger charge is 2.29. The van der Waals surface area contributed by atoms with Gasteiger partial charge in [0.15, 0.2) is 0 Å². The van der Waals surface area contributed by atoms with E-state index in [-0.39, 0.29) is 17.9 Å². The number of likely N-dealkylation sites (tertiary alicyclic amines) is 1. The van der Waals surface area contributed by atoms with Crippen LogP contribution >= 0.6 is 12.2 Å². The molecule has 1 fully saturated rings. The van der Waals surface area contributed by atoms with Crippen molar-refractivity contribution in [2.45, 2.75) is 31.7 Å². The fourth-order valence-corrected chi connectivity index (χ4v) is 2.34. The molecule has 1 heterocycles. The Hall–Kier alpha value is -1.21. The molecule has 1 saturated heterocycles. The van der Waals surface area contributed by atoms with Crippen LogP contribution in [0.4, 0.5) is 0 Å². The van der Waals surface area contributed by atoms with Crippen molar-refractivity contribution in [1.29, 1.82) is 0 Å². The Labute approximate surface area is 119 Å². The number of thiocarbonyl (C=S) groups is 1. The Morgan fingerprint density at radius 2 is 2.05 bits per heavy atom. The van der Waals surface area contributed by atoms with E-state index in [2.05, 4.69) is 0 Å². The minimum atomic E-state index is -0.299. The second kappa shape index (κ2) is 7.40. The van der Waals surface area contributed by atoms with Crippen molar-refractivity contribution in [3.63, 3.8) is 0 Å². The van der Waals surface area contributed by atoms with E-state index >= 15 is 0 Å². The van der Waals surface area contributed by atoms with E-state index in [1.54, 1.807) is 11.9 Å². The van der Waals surface area contributed by atoms with Crippen molar-refractivity contribution in [2.75, 3.05) is 26.7 Å². The average Bonchev–Trinajstić information content (AvgIpc) is 2.81. The summed E-state index contributed by atoms with van der Waals surface area (Å²) in [6.45, 7) is 1.94. The van der Waals surface area contributed by atoms with Crippen LogP contribution in [0, 0.1) is 0 Å². The van der Waals surface area contributed by atoms with Crippen LogP contribution in [0.15, 0.2) is 0 Å². The van der Waals surface area contributed by atoms with E-state index in [9.17, 15) is 9.59 Å². The molecule has 1 atom stereocenters. The summed E-state index contributed by atoms with van der Waals surface area (Å²) in [6.07, 6.45) is 2.67. The lowest BCUT2D eigenvalue weighted by molar-refractivity contribution is -0.131. The molecule has 0 aromatic carbocycles. The van der Waals surface area contributed by atoms with Crippen molar-refractivity contribution < 1.29 is 9.59 Å². The van der Waals surface area contributed by atoms with Crippen molar-refractivity contribution in [2.24, 2.45) is 11.5 Å². The summed E-state index contributed by atoms with van der Waals surface area (Å²) >= 11 is 4.78. The number of primary amides is 1. The molecule has 2 amide bonds. The molecule has 0 saturated carbocycles. The van der Waals surface area contributed by atoms with E-state index in [1.165, 1.54) is 0 Å². The summed E-state index contributed by atoms with van der Waals surface area (Å²) in [6, 6.07) is -0.213. The van der Waals surface area contributed by atoms with Gasteiger partial charge in [-0.2, -0.15) is 0 Å². The van der Waals surface area contributed by atoms with Crippen molar-refractivity contribution in [3.05, 3.63) is 0 Å². The van der Waals surface area contributed by atoms with Gasteiger partial charge in [-0.25, -0.2) is 0 Å². The first kappa shape index (κ1) is 15.8. The molecular formula is C12H22N4O2S. The zero-order valence-corrected chi connectivity index (χ0v) is 12.1. The molecule has 108 valence electrons. The van der Waals surface area contributed by atoms with E-state index in [0.29, 0.717) is 30.9 Å². The molecule has 1 unspecified atom stereocenters. The minimum absolute atomic E-state index is 0.0337. The molecule has 19 heavy (non-hydrogen) atoms. The summed E-state index contributed by atoms with van der Waals surface area (Å²) in [5.41, 5.74) is 10.7. The Bertz CT molecular complexity index is 362. The zero-order chi connectivity index (χ0) is 14.4. The lowest BCUT2D eigenvalue weighted by atomic mass is 10.2. The fraction of sp³-hybridized carbons (Fsp3) is 0.750. The maximum Gasteiger partial charge on any atom is 0.234 e. The second-order valence-corrected chi connectivity index (χ2v) is 5.40. The first-order valence-electron chi connectivity index (χ1n) is 6.47. The van der Waals surface area contributed by atoms with Crippen LogP contribution in [0.1, 0.15) is 25.7 Å². The standard InChI is InChI=1S/C12H22N4O2S/c1-15(7-4-10(13)19)11(17)5-8-16-6-2-3-9(16)12(14)18/h9H,2-8H2,1H3,(H2,13,19)(H2,14,18). The van der Waals surface area contributed by atoms with Gasteiger partial charge in [-0.15, -0.1) is 0 Å². The lowest BCUT2D eigenvalue weighted by Gasteiger charge is -2.23. The number of hydrogen-bond acceptors (Lipinski definition) is 4. The van der Waals surface area contributed by atoms with Gasteiger partial charge in [0.2, 0.25) is 11.8 Å². The Kier molecular flexibility index (Phi) is 6.17. The van der Waals surface area contributed by atoms with Crippen molar-refractivity contribution >= 4 is 29.0 Å². The predicted octanol–water partition coefficient (Wildman–Crippen LogP) is -0.539. The van der Waals surface area contributed by atoms with Gasteiger partial charge in [0.25, 0.3) is 0 Å². The molecule has 1 rings (SSSR count). The second-order valence-electron chi connectivity index (χ2n) is 4.88. The molecule has 0 aromatic heterocycles. The highest BCUT2D eigenvalue weighted by atomic mass is 32.1. The van der Waals surface area contributed by atoms with Gasteiger partial charge in [-0.3, -0.25) is 14.5 Å². The van der Waals surface area contributed by atoms with E-state index in [0.717, 1.165) is 19.4 Å². The van der Waals surface area contributed by atoms with Crippen LogP contribution in [-0.2, 0) is 9.59 Å². The molecule has 6 nitrogen and oxygen atoms in total. The third-order valence-electron chi connectivity index (χ3n) is 3.42. The maximum atomic E-state index is 11.9. The van der Waals surface area contributed by atoms with E-state index < -0.39 is 0 Å². The van der Waals surface area contributed by atoms with Gasteiger partial charge in [0.1, 0.15) is 0 Å². The Morgan fingerprint density at radius 3 is 2.63 bits per heavy atom. The smallest absolute Gasteiger partial charge is 0.234 e. The molecule has 0 spiro atoms. The van der Waals surface area contributed by atoms with Gasteiger partial charge >= 0.3 is 0 Å². The van der Waals surface area contributed by atoms with Gasteiger partial charge in [-0.05, 0) is 19.4 Å². The first-order chi connectivity index (χ1) is 8.91. The monoisotopic (exact) mass is 286 g/mol. The number of nitrogens with zero attached hydrogens (tertiary/aromatic N) is 2. The molecule has 0 radical (unpaired) electrons. The predicted molar refractivity (Wildman–Crippen MR) is 77.4 cm³/mol.